The minimum absolute atomic E-state index is 0.165. The number of nitrogens with two attached hydrogens (primary N) is 1. The summed E-state index contributed by atoms with van der Waals surface area (Å²) < 4.78 is 46.0. The Balaban J connectivity index is 2.72. The molecule has 0 bridgehead atoms. The third-order valence-corrected chi connectivity index (χ3v) is 2.20. The first-order chi connectivity index (χ1) is 8.36. The van der Waals surface area contributed by atoms with Crippen molar-refractivity contribution in [2.75, 3.05) is 13.7 Å². The molecule has 0 fully saturated rings. The first-order valence-corrected chi connectivity index (χ1v) is 5.12. The summed E-state index contributed by atoms with van der Waals surface area (Å²) in [5, 5.41) is 8.79. The van der Waals surface area contributed by atoms with Crippen molar-refractivity contribution in [3.8, 4) is 11.5 Å². The molecule has 1 rings (SSSR count). The van der Waals surface area contributed by atoms with Crippen molar-refractivity contribution >= 4 is 0 Å². The van der Waals surface area contributed by atoms with Crippen LogP contribution in [0, 0.1) is 0 Å². The Morgan fingerprint density at radius 3 is 2.39 bits per heavy atom. The van der Waals surface area contributed by atoms with Gasteiger partial charge in [-0.25, -0.2) is 0 Å². The van der Waals surface area contributed by atoms with E-state index < -0.39 is 18.9 Å². The van der Waals surface area contributed by atoms with Crippen LogP contribution in [0.2, 0.25) is 0 Å². The number of halogens is 3. The van der Waals surface area contributed by atoms with E-state index in [-0.39, 0.29) is 12.3 Å². The van der Waals surface area contributed by atoms with Crippen molar-refractivity contribution in [1.82, 2.24) is 0 Å². The van der Waals surface area contributed by atoms with Gasteiger partial charge in [-0.15, -0.1) is 0 Å². The Labute approximate surface area is 102 Å². The Hall–Kier alpha value is -1.47. The molecule has 0 aliphatic rings. The summed E-state index contributed by atoms with van der Waals surface area (Å²) in [7, 11) is 1.42. The normalized spacial score (nSPS) is 13.2. The lowest BCUT2D eigenvalue weighted by Gasteiger charge is -2.16. The van der Waals surface area contributed by atoms with Gasteiger partial charge in [0.1, 0.15) is 18.1 Å². The summed E-state index contributed by atoms with van der Waals surface area (Å²) in [6.07, 6.45) is -7.22. The van der Waals surface area contributed by atoms with Gasteiger partial charge in [-0.1, -0.05) is 0 Å². The van der Waals surface area contributed by atoms with Crippen molar-refractivity contribution in [1.29, 1.82) is 0 Å². The maximum atomic E-state index is 12.1. The molecule has 102 valence electrons. The topological polar surface area (TPSA) is 64.7 Å². The van der Waals surface area contributed by atoms with Crippen LogP contribution < -0.4 is 15.2 Å². The lowest BCUT2D eigenvalue weighted by molar-refractivity contribution is -0.210. The Morgan fingerprint density at radius 2 is 1.89 bits per heavy atom. The van der Waals surface area contributed by atoms with Crippen molar-refractivity contribution in [2.24, 2.45) is 5.73 Å². The van der Waals surface area contributed by atoms with Crippen LogP contribution in [0.4, 0.5) is 13.2 Å². The SMILES string of the molecule is COc1cc(CN)cc(OCC(O)C(F)(F)F)c1. The third-order valence-electron chi connectivity index (χ3n) is 2.20. The van der Waals surface area contributed by atoms with Crippen LogP contribution in [0.1, 0.15) is 5.56 Å². The van der Waals surface area contributed by atoms with E-state index in [0.29, 0.717) is 11.3 Å². The summed E-state index contributed by atoms with van der Waals surface area (Å²) in [5.41, 5.74) is 6.09. The van der Waals surface area contributed by atoms with Gasteiger partial charge >= 0.3 is 6.18 Å². The van der Waals surface area contributed by atoms with E-state index in [1.807, 2.05) is 0 Å². The van der Waals surface area contributed by atoms with Crippen LogP contribution in [0.3, 0.4) is 0 Å². The molecule has 0 aromatic heterocycles. The summed E-state index contributed by atoms with van der Waals surface area (Å²) in [4.78, 5) is 0. The first-order valence-electron chi connectivity index (χ1n) is 5.12. The third kappa shape index (κ3) is 4.08. The standard InChI is InChI=1S/C11H14F3NO3/c1-17-8-2-7(5-15)3-9(4-8)18-6-10(16)11(12,13)14/h2-4,10,16H,5-6,15H2,1H3. The minimum atomic E-state index is -4.70. The number of hydrogen-bond acceptors (Lipinski definition) is 4. The molecule has 0 saturated heterocycles. The zero-order chi connectivity index (χ0) is 13.8. The lowest BCUT2D eigenvalue weighted by Crippen LogP contribution is -2.34. The van der Waals surface area contributed by atoms with Gasteiger partial charge < -0.3 is 20.3 Å². The van der Waals surface area contributed by atoms with Gasteiger partial charge in [0.05, 0.1) is 7.11 Å². The number of benzene rings is 1. The van der Waals surface area contributed by atoms with Crippen LogP contribution in [-0.2, 0) is 6.54 Å². The first kappa shape index (κ1) is 14.6. The van der Waals surface area contributed by atoms with Crippen LogP contribution in [-0.4, -0.2) is 31.1 Å². The quantitative estimate of drug-likeness (QED) is 0.846. The fourth-order valence-corrected chi connectivity index (χ4v) is 1.22. The van der Waals surface area contributed by atoms with Gasteiger partial charge in [0.2, 0.25) is 0 Å². The van der Waals surface area contributed by atoms with E-state index in [1.165, 1.54) is 19.2 Å². The number of alkyl halides is 3. The second-order valence-electron chi connectivity index (χ2n) is 3.59. The molecule has 1 unspecified atom stereocenters. The fraction of sp³-hybridized carbons (Fsp3) is 0.455. The minimum Gasteiger partial charge on any atom is -0.497 e. The maximum Gasteiger partial charge on any atom is 0.417 e. The highest BCUT2D eigenvalue weighted by Crippen LogP contribution is 2.25. The summed E-state index contributed by atoms with van der Waals surface area (Å²) >= 11 is 0. The van der Waals surface area contributed by atoms with Crippen LogP contribution in [0.15, 0.2) is 18.2 Å². The van der Waals surface area contributed by atoms with Gasteiger partial charge in [-0.05, 0) is 17.7 Å². The molecular formula is C11H14F3NO3. The van der Waals surface area contributed by atoms with Crippen LogP contribution in [0.25, 0.3) is 0 Å². The number of aliphatic hydroxyl groups is 1. The smallest absolute Gasteiger partial charge is 0.417 e. The molecular weight excluding hydrogens is 251 g/mol. The molecule has 1 atom stereocenters. The molecule has 0 radical (unpaired) electrons. The molecule has 1 aromatic carbocycles. The number of methoxy groups -OCH3 is 1. The molecule has 0 amide bonds. The lowest BCUT2D eigenvalue weighted by atomic mass is 10.2. The summed E-state index contributed by atoms with van der Waals surface area (Å²) in [6, 6.07) is 4.56. The highest BCUT2D eigenvalue weighted by atomic mass is 19.4. The molecule has 0 aliphatic heterocycles. The molecule has 0 spiro atoms. The molecule has 7 heteroatoms. The fourth-order valence-electron chi connectivity index (χ4n) is 1.22. The summed E-state index contributed by atoms with van der Waals surface area (Å²) in [6.45, 7) is -0.671. The molecule has 1 aromatic rings. The molecule has 0 aliphatic carbocycles. The predicted octanol–water partition coefficient (Wildman–Crippen LogP) is 1.46. The van der Waals surface area contributed by atoms with Gasteiger partial charge in [0, 0.05) is 12.6 Å². The molecule has 0 saturated carbocycles. The van der Waals surface area contributed by atoms with Crippen LogP contribution in [0.5, 0.6) is 11.5 Å². The Morgan fingerprint density at radius 1 is 1.28 bits per heavy atom. The van der Waals surface area contributed by atoms with Crippen LogP contribution >= 0.6 is 0 Å². The van der Waals surface area contributed by atoms with Gasteiger partial charge in [0.25, 0.3) is 0 Å². The molecule has 3 N–H and O–H groups in total. The van der Waals surface area contributed by atoms with Crippen molar-refractivity contribution < 1.29 is 27.8 Å². The second kappa shape index (κ2) is 5.92. The summed E-state index contributed by atoms with van der Waals surface area (Å²) in [5.74, 6) is 0.590. The van der Waals surface area contributed by atoms with E-state index in [9.17, 15) is 13.2 Å². The van der Waals surface area contributed by atoms with Gasteiger partial charge in [-0.2, -0.15) is 13.2 Å². The van der Waals surface area contributed by atoms with E-state index >= 15 is 0 Å². The van der Waals surface area contributed by atoms with Crippen molar-refractivity contribution in [3.63, 3.8) is 0 Å². The van der Waals surface area contributed by atoms with E-state index in [4.69, 9.17) is 20.3 Å². The number of aliphatic hydroxyl groups excluding tert-OH is 1. The monoisotopic (exact) mass is 265 g/mol. The molecule has 4 nitrogen and oxygen atoms in total. The highest BCUT2D eigenvalue weighted by molar-refractivity contribution is 5.38. The highest BCUT2D eigenvalue weighted by Gasteiger charge is 2.38. The number of ether oxygens (including phenoxy) is 2. The van der Waals surface area contributed by atoms with Gasteiger partial charge in [-0.3, -0.25) is 0 Å². The zero-order valence-electron chi connectivity index (χ0n) is 9.70. The average Bonchev–Trinajstić information content (AvgIpc) is 2.34. The zero-order valence-corrected chi connectivity index (χ0v) is 9.70. The largest absolute Gasteiger partial charge is 0.497 e. The van der Waals surface area contributed by atoms with Crippen molar-refractivity contribution in [3.05, 3.63) is 23.8 Å². The maximum absolute atomic E-state index is 12.1. The average molecular weight is 265 g/mol. The van der Waals surface area contributed by atoms with E-state index in [2.05, 4.69) is 0 Å². The second-order valence-corrected chi connectivity index (χ2v) is 3.59. The molecule has 0 heterocycles. The van der Waals surface area contributed by atoms with E-state index in [1.54, 1.807) is 6.07 Å². The predicted molar refractivity (Wildman–Crippen MR) is 58.4 cm³/mol. The van der Waals surface area contributed by atoms with E-state index in [0.717, 1.165) is 0 Å². The van der Waals surface area contributed by atoms with Crippen molar-refractivity contribution in [2.45, 2.75) is 18.8 Å². The number of hydrogen-bond donors (Lipinski definition) is 2. The Bertz CT molecular complexity index is 373. The number of rotatable bonds is 5. The molecule has 18 heavy (non-hydrogen) atoms. The Kier molecular flexibility index (Phi) is 4.80. The van der Waals surface area contributed by atoms with Gasteiger partial charge in [0.15, 0.2) is 6.10 Å².